The van der Waals surface area contributed by atoms with Gasteiger partial charge in [0.1, 0.15) is 0 Å². The molecule has 60 valence electrons. The Morgan fingerprint density at radius 3 is 2.09 bits per heavy atom. The zero-order valence-corrected chi connectivity index (χ0v) is 5.66. The van der Waals surface area contributed by atoms with Crippen LogP contribution >= 0.6 is 0 Å². The highest BCUT2D eigenvalue weighted by molar-refractivity contribution is 5.94. The predicted molar refractivity (Wildman–Crippen MR) is 36.2 cm³/mol. The van der Waals surface area contributed by atoms with Crippen LogP contribution < -0.4 is 5.73 Å². The van der Waals surface area contributed by atoms with E-state index in [1.807, 2.05) is 0 Å². The van der Waals surface area contributed by atoms with Crippen molar-refractivity contribution in [2.24, 2.45) is 5.73 Å². The summed E-state index contributed by atoms with van der Waals surface area (Å²) in [5, 5.41) is 8.39. The number of esters is 1. The van der Waals surface area contributed by atoms with Gasteiger partial charge in [-0.05, 0) is 6.58 Å². The van der Waals surface area contributed by atoms with Crippen molar-refractivity contribution in [3.63, 3.8) is 0 Å². The van der Waals surface area contributed by atoms with E-state index >= 15 is 0 Å². The van der Waals surface area contributed by atoms with Gasteiger partial charge in [-0.2, -0.15) is 0 Å². The third-order valence-corrected chi connectivity index (χ3v) is 0.726. The zero-order valence-electron chi connectivity index (χ0n) is 5.66. The third-order valence-electron chi connectivity index (χ3n) is 0.726. The number of aliphatic hydroxyl groups excluding tert-OH is 1. The van der Waals surface area contributed by atoms with Crippen molar-refractivity contribution in [1.82, 2.24) is 0 Å². The summed E-state index contributed by atoms with van der Waals surface area (Å²) in [6.45, 7) is 5.86. The molecule has 0 radical (unpaired) electrons. The Hall–Kier alpha value is -1.78. The van der Waals surface area contributed by atoms with Gasteiger partial charge in [0.2, 0.25) is 0 Å². The van der Waals surface area contributed by atoms with Crippen LogP contribution in [0.2, 0.25) is 0 Å². The first-order valence-corrected chi connectivity index (χ1v) is 2.54. The fourth-order valence-electron chi connectivity index (χ4n) is 0.221. The molecule has 0 saturated carbocycles. The quantitative estimate of drug-likeness (QED) is 0.331. The molecule has 0 aromatic carbocycles. The van der Waals surface area contributed by atoms with Crippen LogP contribution in [0, 0.1) is 0 Å². The molecule has 0 fully saturated rings. The minimum atomic E-state index is -1.14. The molecule has 0 spiro atoms. The molecule has 5 nitrogen and oxygen atoms in total. The molecule has 0 bridgehead atoms. The summed E-state index contributed by atoms with van der Waals surface area (Å²) < 4.78 is 4.12. The second-order valence-electron chi connectivity index (χ2n) is 1.62. The van der Waals surface area contributed by atoms with E-state index < -0.39 is 23.4 Å². The maximum Gasteiger partial charge on any atom is 0.378 e. The molecule has 0 aromatic rings. The molecule has 0 unspecified atom stereocenters. The topological polar surface area (TPSA) is 89.6 Å². The van der Waals surface area contributed by atoms with Gasteiger partial charge in [0.15, 0.2) is 11.5 Å². The Morgan fingerprint density at radius 1 is 1.36 bits per heavy atom. The van der Waals surface area contributed by atoms with E-state index in [2.05, 4.69) is 23.6 Å². The Morgan fingerprint density at radius 2 is 1.82 bits per heavy atom. The molecule has 5 heteroatoms. The van der Waals surface area contributed by atoms with Crippen molar-refractivity contribution in [3.05, 3.63) is 24.7 Å². The molecule has 11 heavy (non-hydrogen) atoms. The molecule has 0 atom stereocenters. The molecular formula is C6H7NO4. The molecule has 1 amide bonds. The van der Waals surface area contributed by atoms with Crippen molar-refractivity contribution in [2.45, 2.75) is 0 Å². The summed E-state index contributed by atoms with van der Waals surface area (Å²) in [6.07, 6.45) is 0. The van der Waals surface area contributed by atoms with Gasteiger partial charge in [-0.1, -0.05) is 6.58 Å². The molecule has 0 aliphatic heterocycles. The van der Waals surface area contributed by atoms with Crippen molar-refractivity contribution in [1.29, 1.82) is 0 Å². The van der Waals surface area contributed by atoms with Crippen molar-refractivity contribution >= 4 is 11.9 Å². The zero-order chi connectivity index (χ0) is 9.02. The number of hydrogen-bond acceptors (Lipinski definition) is 4. The molecular weight excluding hydrogens is 150 g/mol. The summed E-state index contributed by atoms with van der Waals surface area (Å²) in [7, 11) is 0. The number of primary amides is 1. The fourth-order valence-corrected chi connectivity index (χ4v) is 0.221. The lowest BCUT2D eigenvalue weighted by Gasteiger charge is -2.00. The van der Waals surface area contributed by atoms with Gasteiger partial charge in [-0.25, -0.2) is 4.79 Å². The highest BCUT2D eigenvalue weighted by atomic mass is 16.6. The number of aliphatic hydroxyl groups is 1. The van der Waals surface area contributed by atoms with Gasteiger partial charge in [-0.15, -0.1) is 0 Å². The van der Waals surface area contributed by atoms with Crippen molar-refractivity contribution in [3.8, 4) is 0 Å². The van der Waals surface area contributed by atoms with Crippen LogP contribution in [0.1, 0.15) is 0 Å². The SMILES string of the molecule is C=C(O)C(=O)OC(=C)C(N)=O. The Kier molecular flexibility index (Phi) is 2.85. The van der Waals surface area contributed by atoms with Crippen LogP contribution in [0.3, 0.4) is 0 Å². The molecule has 0 saturated heterocycles. The maximum atomic E-state index is 10.4. The number of nitrogens with two attached hydrogens (primary N) is 1. The van der Waals surface area contributed by atoms with Gasteiger partial charge in [0, 0.05) is 0 Å². The standard InChI is InChI=1S/C6H7NO4/c1-3(8)6(10)11-4(2)5(7)9/h8H,1-2H2,(H2,7,9). The molecule has 3 N–H and O–H groups in total. The lowest BCUT2D eigenvalue weighted by atomic mass is 10.5. The van der Waals surface area contributed by atoms with E-state index in [9.17, 15) is 9.59 Å². The van der Waals surface area contributed by atoms with Crippen LogP contribution in [0.5, 0.6) is 0 Å². The number of carbonyl (C=O) groups excluding carboxylic acids is 2. The first-order valence-electron chi connectivity index (χ1n) is 2.54. The average molecular weight is 157 g/mol. The average Bonchev–Trinajstić information content (AvgIpc) is 1.87. The lowest BCUT2D eigenvalue weighted by molar-refractivity contribution is -0.140. The van der Waals surface area contributed by atoms with E-state index in [4.69, 9.17) is 5.11 Å². The van der Waals surface area contributed by atoms with Crippen molar-refractivity contribution < 1.29 is 19.4 Å². The molecule has 0 aliphatic carbocycles. The Balaban J connectivity index is 4.07. The van der Waals surface area contributed by atoms with E-state index in [0.717, 1.165) is 0 Å². The molecule has 0 aliphatic rings. The number of hydrogen-bond donors (Lipinski definition) is 2. The smallest absolute Gasteiger partial charge is 0.378 e. The monoisotopic (exact) mass is 157 g/mol. The van der Waals surface area contributed by atoms with Gasteiger partial charge in [0.05, 0.1) is 0 Å². The van der Waals surface area contributed by atoms with Crippen LogP contribution in [-0.4, -0.2) is 17.0 Å². The second kappa shape index (κ2) is 3.40. The minimum absolute atomic E-state index is 0.537. The first kappa shape index (κ1) is 9.22. The van der Waals surface area contributed by atoms with E-state index in [1.54, 1.807) is 0 Å². The Bertz CT molecular complexity index is 207. The molecule has 0 heterocycles. The van der Waals surface area contributed by atoms with Gasteiger partial charge in [0.25, 0.3) is 5.91 Å². The van der Waals surface area contributed by atoms with Crippen LogP contribution in [-0.2, 0) is 14.3 Å². The number of rotatable bonds is 3. The highest BCUT2D eigenvalue weighted by Gasteiger charge is 2.11. The Labute approximate surface area is 62.8 Å². The third kappa shape index (κ3) is 3.04. The van der Waals surface area contributed by atoms with Gasteiger partial charge >= 0.3 is 5.97 Å². The largest absolute Gasteiger partial charge is 0.502 e. The number of ether oxygens (including phenoxy) is 1. The van der Waals surface area contributed by atoms with Gasteiger partial charge < -0.3 is 15.6 Å². The summed E-state index contributed by atoms with van der Waals surface area (Å²) in [5.41, 5.74) is 4.66. The fraction of sp³-hybridized carbons (Fsp3) is 0. The minimum Gasteiger partial charge on any atom is -0.502 e. The number of amides is 1. The maximum absolute atomic E-state index is 10.4. The van der Waals surface area contributed by atoms with Gasteiger partial charge in [-0.3, -0.25) is 4.79 Å². The second-order valence-corrected chi connectivity index (χ2v) is 1.62. The summed E-state index contributed by atoms with van der Waals surface area (Å²) in [6, 6.07) is 0. The predicted octanol–water partition coefficient (Wildman–Crippen LogP) is -0.400. The van der Waals surface area contributed by atoms with Crippen molar-refractivity contribution in [2.75, 3.05) is 0 Å². The summed E-state index contributed by atoms with van der Waals surface area (Å²) >= 11 is 0. The van der Waals surface area contributed by atoms with E-state index in [-0.39, 0.29) is 0 Å². The van der Waals surface area contributed by atoms with Crippen LogP contribution in [0.15, 0.2) is 24.7 Å². The summed E-state index contributed by atoms with van der Waals surface area (Å²) in [4.78, 5) is 20.6. The van der Waals surface area contributed by atoms with Crippen LogP contribution in [0.4, 0.5) is 0 Å². The molecule has 0 aromatic heterocycles. The normalized spacial score (nSPS) is 8.36. The lowest BCUT2D eigenvalue weighted by Crippen LogP contribution is -2.18. The summed E-state index contributed by atoms with van der Waals surface area (Å²) in [5.74, 6) is -3.47. The van der Waals surface area contributed by atoms with Crippen LogP contribution in [0.25, 0.3) is 0 Å². The first-order chi connectivity index (χ1) is 4.95. The van der Waals surface area contributed by atoms with E-state index in [0.29, 0.717) is 0 Å². The number of carbonyl (C=O) groups is 2. The highest BCUT2D eigenvalue weighted by Crippen LogP contribution is 1.96. The van der Waals surface area contributed by atoms with E-state index in [1.165, 1.54) is 0 Å². The molecule has 0 rings (SSSR count).